The van der Waals surface area contributed by atoms with Gasteiger partial charge in [-0.1, -0.05) is 6.07 Å². The van der Waals surface area contributed by atoms with Gasteiger partial charge >= 0.3 is 0 Å². The highest BCUT2D eigenvalue weighted by Crippen LogP contribution is 2.17. The number of nitrogens with one attached hydrogen (secondary N) is 1. The van der Waals surface area contributed by atoms with Crippen LogP contribution in [0.1, 0.15) is 18.4 Å². The highest BCUT2D eigenvalue weighted by Gasteiger charge is 2.14. The molecule has 1 aromatic rings. The minimum Gasteiger partial charge on any atom is -0.488 e. The van der Waals surface area contributed by atoms with Crippen LogP contribution in [0.15, 0.2) is 30.0 Å². The van der Waals surface area contributed by atoms with Crippen LogP contribution >= 0.6 is 0 Å². The Labute approximate surface area is 118 Å². The zero-order valence-electron chi connectivity index (χ0n) is 11.8. The first-order valence-electron chi connectivity index (χ1n) is 6.64. The van der Waals surface area contributed by atoms with Gasteiger partial charge in [-0.3, -0.25) is 4.79 Å². The lowest BCUT2D eigenvalue weighted by molar-refractivity contribution is -0.116. The molecule has 0 bridgehead atoms. The van der Waals surface area contributed by atoms with Crippen LogP contribution in [0.4, 0.5) is 10.1 Å². The third kappa shape index (κ3) is 3.81. The molecule has 0 fully saturated rings. The monoisotopic (exact) mass is 278 g/mol. The maximum absolute atomic E-state index is 13.9. The van der Waals surface area contributed by atoms with Crippen molar-refractivity contribution >= 4 is 11.6 Å². The molecule has 0 saturated carbocycles. The SMILES string of the molecule is CN(C)Cc1ccc(NC(=O)C2=CCCCO2)cc1F. The number of carbonyl (C=O) groups excluding carboxylic acids is 1. The van der Waals surface area contributed by atoms with Crippen LogP contribution in [-0.4, -0.2) is 31.5 Å². The lowest BCUT2D eigenvalue weighted by Gasteiger charge is -2.15. The zero-order valence-corrected chi connectivity index (χ0v) is 11.8. The Morgan fingerprint density at radius 1 is 1.45 bits per heavy atom. The lowest BCUT2D eigenvalue weighted by Crippen LogP contribution is -2.19. The number of hydrogen-bond donors (Lipinski definition) is 1. The summed E-state index contributed by atoms with van der Waals surface area (Å²) >= 11 is 0. The van der Waals surface area contributed by atoms with Gasteiger partial charge in [0.2, 0.25) is 0 Å². The van der Waals surface area contributed by atoms with Gasteiger partial charge in [0.05, 0.1) is 6.61 Å². The third-order valence-electron chi connectivity index (χ3n) is 2.96. The molecule has 0 aromatic heterocycles. The summed E-state index contributed by atoms with van der Waals surface area (Å²) in [6.07, 6.45) is 3.51. The second-order valence-electron chi connectivity index (χ2n) is 5.06. The summed E-state index contributed by atoms with van der Waals surface area (Å²) in [5, 5.41) is 2.65. The Kier molecular flexibility index (Phi) is 4.74. The van der Waals surface area contributed by atoms with E-state index in [1.54, 1.807) is 18.2 Å². The van der Waals surface area contributed by atoms with Crippen molar-refractivity contribution in [3.05, 3.63) is 41.4 Å². The fourth-order valence-electron chi connectivity index (χ4n) is 2.00. The number of halogens is 1. The normalized spacial score (nSPS) is 14.7. The molecule has 108 valence electrons. The van der Waals surface area contributed by atoms with Crippen molar-refractivity contribution in [2.45, 2.75) is 19.4 Å². The van der Waals surface area contributed by atoms with E-state index in [1.165, 1.54) is 6.07 Å². The van der Waals surface area contributed by atoms with Gasteiger partial charge in [-0.15, -0.1) is 0 Å². The van der Waals surface area contributed by atoms with Crippen molar-refractivity contribution in [1.82, 2.24) is 4.90 Å². The van der Waals surface area contributed by atoms with E-state index in [-0.39, 0.29) is 11.7 Å². The van der Waals surface area contributed by atoms with E-state index < -0.39 is 0 Å². The number of ether oxygens (including phenoxy) is 1. The Balaban J connectivity index is 2.04. The summed E-state index contributed by atoms with van der Waals surface area (Å²) in [4.78, 5) is 13.8. The predicted molar refractivity (Wildman–Crippen MR) is 75.7 cm³/mol. The molecule has 4 nitrogen and oxygen atoms in total. The number of amides is 1. The Morgan fingerprint density at radius 2 is 2.25 bits per heavy atom. The average molecular weight is 278 g/mol. The van der Waals surface area contributed by atoms with Gasteiger partial charge < -0.3 is 15.0 Å². The summed E-state index contributed by atoms with van der Waals surface area (Å²) in [6.45, 7) is 1.07. The van der Waals surface area contributed by atoms with Gasteiger partial charge in [-0.25, -0.2) is 4.39 Å². The van der Waals surface area contributed by atoms with E-state index in [0.29, 0.717) is 30.2 Å². The minimum atomic E-state index is -0.329. The summed E-state index contributed by atoms with van der Waals surface area (Å²) < 4.78 is 19.1. The van der Waals surface area contributed by atoms with E-state index in [9.17, 15) is 9.18 Å². The number of carbonyl (C=O) groups is 1. The number of benzene rings is 1. The standard InChI is InChI=1S/C15H19FN2O2/c1-18(2)10-11-6-7-12(9-13(11)16)17-15(19)14-5-3-4-8-20-14/h5-7,9H,3-4,8,10H2,1-2H3,(H,17,19). The van der Waals surface area contributed by atoms with Gasteiger partial charge in [0, 0.05) is 17.8 Å². The van der Waals surface area contributed by atoms with Gasteiger partial charge in [0.25, 0.3) is 5.91 Å². The number of rotatable bonds is 4. The molecule has 0 radical (unpaired) electrons. The van der Waals surface area contributed by atoms with Crippen molar-refractivity contribution in [3.63, 3.8) is 0 Å². The Hall–Kier alpha value is -1.88. The van der Waals surface area contributed by atoms with Crippen LogP contribution in [0.5, 0.6) is 0 Å². The van der Waals surface area contributed by atoms with E-state index in [2.05, 4.69) is 5.32 Å². The maximum Gasteiger partial charge on any atom is 0.290 e. The van der Waals surface area contributed by atoms with Gasteiger partial charge in [-0.05, 0) is 45.1 Å². The first-order valence-corrected chi connectivity index (χ1v) is 6.64. The van der Waals surface area contributed by atoms with Crippen molar-refractivity contribution in [1.29, 1.82) is 0 Å². The molecular formula is C15H19FN2O2. The molecule has 1 heterocycles. The second kappa shape index (κ2) is 6.52. The van der Waals surface area contributed by atoms with Gasteiger partial charge in [0.1, 0.15) is 5.82 Å². The topological polar surface area (TPSA) is 41.6 Å². The highest BCUT2D eigenvalue weighted by atomic mass is 19.1. The molecule has 1 aliphatic rings. The molecule has 5 heteroatoms. The van der Waals surface area contributed by atoms with Crippen LogP contribution < -0.4 is 5.32 Å². The summed E-state index contributed by atoms with van der Waals surface area (Å²) in [7, 11) is 3.75. The van der Waals surface area contributed by atoms with Crippen LogP contribution in [0.25, 0.3) is 0 Å². The highest BCUT2D eigenvalue weighted by molar-refractivity contribution is 6.02. The van der Waals surface area contributed by atoms with E-state index in [4.69, 9.17) is 4.74 Å². The summed E-state index contributed by atoms with van der Waals surface area (Å²) in [5.74, 6) is -0.339. The Bertz CT molecular complexity index is 527. The molecule has 0 unspecified atom stereocenters. The number of allylic oxidation sites excluding steroid dienone is 1. The maximum atomic E-state index is 13.9. The number of anilines is 1. The van der Waals surface area contributed by atoms with Crippen molar-refractivity contribution in [2.75, 3.05) is 26.0 Å². The number of nitrogens with zero attached hydrogens (tertiary/aromatic N) is 1. The molecule has 1 N–H and O–H groups in total. The summed E-state index contributed by atoms with van der Waals surface area (Å²) in [5.41, 5.74) is 1.03. The quantitative estimate of drug-likeness (QED) is 0.920. The van der Waals surface area contributed by atoms with Crippen LogP contribution in [0.3, 0.4) is 0 Å². The molecule has 0 atom stereocenters. The largest absolute Gasteiger partial charge is 0.488 e. The molecule has 1 aliphatic heterocycles. The number of hydrogen-bond acceptors (Lipinski definition) is 3. The van der Waals surface area contributed by atoms with Crippen LogP contribution in [0.2, 0.25) is 0 Å². The molecule has 20 heavy (non-hydrogen) atoms. The zero-order chi connectivity index (χ0) is 14.5. The van der Waals surface area contributed by atoms with Crippen LogP contribution in [0, 0.1) is 5.82 Å². The third-order valence-corrected chi connectivity index (χ3v) is 2.96. The van der Waals surface area contributed by atoms with Crippen molar-refractivity contribution in [2.24, 2.45) is 0 Å². The molecule has 0 spiro atoms. The van der Waals surface area contributed by atoms with E-state index in [1.807, 2.05) is 19.0 Å². The fourth-order valence-corrected chi connectivity index (χ4v) is 2.00. The van der Waals surface area contributed by atoms with Crippen molar-refractivity contribution in [3.8, 4) is 0 Å². The first kappa shape index (κ1) is 14.5. The molecule has 0 aliphatic carbocycles. The van der Waals surface area contributed by atoms with Crippen molar-refractivity contribution < 1.29 is 13.9 Å². The van der Waals surface area contributed by atoms with E-state index in [0.717, 1.165) is 12.8 Å². The molecule has 2 rings (SSSR count). The molecule has 0 saturated heterocycles. The predicted octanol–water partition coefficient (Wildman–Crippen LogP) is 2.52. The van der Waals surface area contributed by atoms with Crippen LogP contribution in [-0.2, 0) is 16.1 Å². The average Bonchev–Trinajstić information content (AvgIpc) is 2.42. The minimum absolute atomic E-state index is 0.314. The summed E-state index contributed by atoms with van der Waals surface area (Å²) in [6, 6.07) is 4.71. The van der Waals surface area contributed by atoms with Gasteiger partial charge in [0.15, 0.2) is 5.76 Å². The smallest absolute Gasteiger partial charge is 0.290 e. The lowest BCUT2D eigenvalue weighted by atomic mass is 10.1. The molecule has 1 aromatic carbocycles. The molecular weight excluding hydrogens is 259 g/mol. The fraction of sp³-hybridized carbons (Fsp3) is 0.400. The molecule has 1 amide bonds. The van der Waals surface area contributed by atoms with E-state index >= 15 is 0 Å². The van der Waals surface area contributed by atoms with Gasteiger partial charge in [-0.2, -0.15) is 0 Å². The Morgan fingerprint density at radius 3 is 2.85 bits per heavy atom. The second-order valence-corrected chi connectivity index (χ2v) is 5.06. The first-order chi connectivity index (χ1) is 9.56.